The van der Waals surface area contributed by atoms with Gasteiger partial charge in [-0.1, -0.05) is 22.4 Å². The minimum Gasteiger partial charge on any atom is -0.496 e. The van der Waals surface area contributed by atoms with Gasteiger partial charge in [-0.3, -0.25) is 0 Å². The van der Waals surface area contributed by atoms with E-state index in [1.807, 2.05) is 0 Å². The van der Waals surface area contributed by atoms with Crippen molar-refractivity contribution in [3.63, 3.8) is 0 Å². The number of nitrogens with one attached hydrogen (secondary N) is 1. The standard InChI is InChI=1S/C14H20BrNO/c1-10-7-13(15)11(9-14(10)17-2)8-12-5-3-4-6-16-12/h7,9,12,16H,3-6,8H2,1-2H3. The van der Waals surface area contributed by atoms with E-state index < -0.39 is 0 Å². The van der Waals surface area contributed by atoms with Crippen molar-refractivity contribution < 1.29 is 4.74 Å². The zero-order valence-electron chi connectivity index (χ0n) is 10.6. The van der Waals surface area contributed by atoms with Crippen molar-refractivity contribution in [2.75, 3.05) is 13.7 Å². The second-order valence-electron chi connectivity index (χ2n) is 4.76. The summed E-state index contributed by atoms with van der Waals surface area (Å²) in [6.07, 6.45) is 5.02. The van der Waals surface area contributed by atoms with Crippen LogP contribution in [0.25, 0.3) is 0 Å². The fourth-order valence-electron chi connectivity index (χ4n) is 2.43. The largest absolute Gasteiger partial charge is 0.496 e. The van der Waals surface area contributed by atoms with Gasteiger partial charge in [0.2, 0.25) is 0 Å². The molecule has 17 heavy (non-hydrogen) atoms. The Kier molecular flexibility index (Phi) is 4.46. The molecule has 2 rings (SSSR count). The van der Waals surface area contributed by atoms with Crippen LogP contribution in [-0.2, 0) is 6.42 Å². The second kappa shape index (κ2) is 5.87. The first-order valence-electron chi connectivity index (χ1n) is 6.27. The molecule has 94 valence electrons. The molecule has 1 fully saturated rings. The van der Waals surface area contributed by atoms with Crippen LogP contribution in [0.2, 0.25) is 0 Å². The molecule has 1 aromatic rings. The number of halogens is 1. The van der Waals surface area contributed by atoms with Crippen molar-refractivity contribution in [2.45, 2.75) is 38.6 Å². The highest BCUT2D eigenvalue weighted by atomic mass is 79.9. The minimum atomic E-state index is 0.618. The lowest BCUT2D eigenvalue weighted by atomic mass is 9.97. The molecular formula is C14H20BrNO. The summed E-state index contributed by atoms with van der Waals surface area (Å²) in [6, 6.07) is 4.93. The van der Waals surface area contributed by atoms with E-state index in [9.17, 15) is 0 Å². The predicted octanol–water partition coefficient (Wildman–Crippen LogP) is 3.45. The molecule has 1 aliphatic heterocycles. The third-order valence-corrected chi connectivity index (χ3v) is 4.18. The van der Waals surface area contributed by atoms with E-state index in [1.54, 1.807) is 7.11 Å². The Labute approximate surface area is 112 Å². The van der Waals surface area contributed by atoms with E-state index in [1.165, 1.54) is 34.9 Å². The number of ether oxygens (including phenoxy) is 1. The summed E-state index contributed by atoms with van der Waals surface area (Å²) in [6.45, 7) is 3.23. The van der Waals surface area contributed by atoms with E-state index in [4.69, 9.17) is 4.74 Å². The molecule has 0 aliphatic carbocycles. The van der Waals surface area contributed by atoms with Crippen molar-refractivity contribution in [3.05, 3.63) is 27.7 Å². The van der Waals surface area contributed by atoms with E-state index in [0.717, 1.165) is 18.7 Å². The molecule has 0 saturated carbocycles. The van der Waals surface area contributed by atoms with Crippen LogP contribution >= 0.6 is 15.9 Å². The molecule has 1 atom stereocenters. The number of piperidine rings is 1. The second-order valence-corrected chi connectivity index (χ2v) is 5.62. The van der Waals surface area contributed by atoms with Gasteiger partial charge in [-0.15, -0.1) is 0 Å². The molecule has 0 radical (unpaired) electrons. The molecular weight excluding hydrogens is 278 g/mol. The molecule has 1 heterocycles. The third kappa shape index (κ3) is 3.23. The van der Waals surface area contributed by atoms with Gasteiger partial charge in [0, 0.05) is 10.5 Å². The number of hydrogen-bond acceptors (Lipinski definition) is 2. The van der Waals surface area contributed by atoms with Crippen LogP contribution in [0.1, 0.15) is 30.4 Å². The van der Waals surface area contributed by atoms with Crippen molar-refractivity contribution >= 4 is 15.9 Å². The zero-order valence-corrected chi connectivity index (χ0v) is 12.1. The van der Waals surface area contributed by atoms with Crippen LogP contribution < -0.4 is 10.1 Å². The third-order valence-electron chi connectivity index (χ3n) is 3.44. The molecule has 0 amide bonds. The summed E-state index contributed by atoms with van der Waals surface area (Å²) in [4.78, 5) is 0. The highest BCUT2D eigenvalue weighted by Crippen LogP contribution is 2.28. The molecule has 0 spiro atoms. The van der Waals surface area contributed by atoms with Crippen LogP contribution in [0.5, 0.6) is 5.75 Å². The Morgan fingerprint density at radius 2 is 2.24 bits per heavy atom. The molecule has 3 heteroatoms. The van der Waals surface area contributed by atoms with Gasteiger partial charge < -0.3 is 10.1 Å². The van der Waals surface area contributed by atoms with E-state index in [2.05, 4.69) is 40.3 Å². The van der Waals surface area contributed by atoms with E-state index >= 15 is 0 Å². The van der Waals surface area contributed by atoms with Gasteiger partial charge in [-0.2, -0.15) is 0 Å². The summed E-state index contributed by atoms with van der Waals surface area (Å²) in [5.74, 6) is 0.985. The minimum absolute atomic E-state index is 0.618. The van der Waals surface area contributed by atoms with Crippen molar-refractivity contribution in [2.24, 2.45) is 0 Å². The van der Waals surface area contributed by atoms with Crippen LogP contribution in [0.15, 0.2) is 16.6 Å². The molecule has 1 unspecified atom stereocenters. The quantitative estimate of drug-likeness (QED) is 0.923. The maximum absolute atomic E-state index is 5.39. The first-order valence-corrected chi connectivity index (χ1v) is 7.06. The average Bonchev–Trinajstić information content (AvgIpc) is 2.34. The van der Waals surface area contributed by atoms with Gasteiger partial charge in [0.25, 0.3) is 0 Å². The number of aryl methyl sites for hydroxylation is 1. The maximum atomic E-state index is 5.39. The van der Waals surface area contributed by atoms with Crippen molar-refractivity contribution in [1.82, 2.24) is 5.32 Å². The number of methoxy groups -OCH3 is 1. The Morgan fingerprint density at radius 1 is 1.41 bits per heavy atom. The lowest BCUT2D eigenvalue weighted by Crippen LogP contribution is -2.35. The van der Waals surface area contributed by atoms with Crippen LogP contribution in [0.3, 0.4) is 0 Å². The van der Waals surface area contributed by atoms with Crippen molar-refractivity contribution in [1.29, 1.82) is 0 Å². The first-order chi connectivity index (χ1) is 8.20. The van der Waals surface area contributed by atoms with E-state index in [0.29, 0.717) is 6.04 Å². The highest BCUT2D eigenvalue weighted by molar-refractivity contribution is 9.10. The highest BCUT2D eigenvalue weighted by Gasteiger charge is 2.15. The fraction of sp³-hybridized carbons (Fsp3) is 0.571. The normalized spacial score (nSPS) is 20.3. The van der Waals surface area contributed by atoms with Crippen molar-refractivity contribution in [3.8, 4) is 5.75 Å². The predicted molar refractivity (Wildman–Crippen MR) is 74.8 cm³/mol. The molecule has 1 aromatic carbocycles. The SMILES string of the molecule is COc1cc(CC2CCCCN2)c(Br)cc1C. The number of benzene rings is 1. The van der Waals surface area contributed by atoms with Gasteiger partial charge >= 0.3 is 0 Å². The first kappa shape index (κ1) is 12.9. The monoisotopic (exact) mass is 297 g/mol. The molecule has 0 bridgehead atoms. The topological polar surface area (TPSA) is 21.3 Å². The summed E-state index contributed by atoms with van der Waals surface area (Å²) >= 11 is 3.65. The molecule has 1 saturated heterocycles. The Bertz CT molecular complexity index is 386. The molecule has 1 aliphatic rings. The van der Waals surface area contributed by atoms with Gasteiger partial charge in [0.05, 0.1) is 7.11 Å². The van der Waals surface area contributed by atoms with Crippen LogP contribution in [-0.4, -0.2) is 19.7 Å². The average molecular weight is 298 g/mol. The molecule has 1 N–H and O–H groups in total. The summed E-state index contributed by atoms with van der Waals surface area (Å²) < 4.78 is 6.59. The van der Waals surface area contributed by atoms with Gasteiger partial charge in [0.1, 0.15) is 5.75 Å². The summed E-state index contributed by atoms with van der Waals surface area (Å²) in [7, 11) is 1.73. The molecule has 2 nitrogen and oxygen atoms in total. The number of hydrogen-bond donors (Lipinski definition) is 1. The Hall–Kier alpha value is -0.540. The Balaban J connectivity index is 2.13. The van der Waals surface area contributed by atoms with Gasteiger partial charge in [-0.05, 0) is 56.0 Å². The summed E-state index contributed by atoms with van der Waals surface area (Å²) in [5.41, 5.74) is 2.52. The summed E-state index contributed by atoms with van der Waals surface area (Å²) in [5, 5.41) is 3.59. The molecule has 0 aromatic heterocycles. The zero-order chi connectivity index (χ0) is 12.3. The Morgan fingerprint density at radius 3 is 2.88 bits per heavy atom. The number of rotatable bonds is 3. The lowest BCUT2D eigenvalue weighted by molar-refractivity contribution is 0.395. The lowest BCUT2D eigenvalue weighted by Gasteiger charge is -2.24. The smallest absolute Gasteiger partial charge is 0.122 e. The van der Waals surface area contributed by atoms with Gasteiger partial charge in [0.15, 0.2) is 0 Å². The van der Waals surface area contributed by atoms with Crippen LogP contribution in [0, 0.1) is 6.92 Å². The van der Waals surface area contributed by atoms with Crippen LogP contribution in [0.4, 0.5) is 0 Å². The van der Waals surface area contributed by atoms with E-state index in [-0.39, 0.29) is 0 Å². The maximum Gasteiger partial charge on any atom is 0.122 e. The fourth-order valence-corrected chi connectivity index (χ4v) is 3.05. The van der Waals surface area contributed by atoms with Gasteiger partial charge in [-0.25, -0.2) is 0 Å².